The molecule has 12 aromatic rings. The fourth-order valence-electron chi connectivity index (χ4n) is 11.3. The van der Waals surface area contributed by atoms with E-state index < -0.39 is 6.04 Å². The number of hydrogen-bond acceptors (Lipinski definition) is 2. The Morgan fingerprint density at radius 1 is 0.468 bits per heavy atom. The van der Waals surface area contributed by atoms with Gasteiger partial charge in [0.05, 0.1) is 40.3 Å². The van der Waals surface area contributed by atoms with E-state index in [0.717, 1.165) is 100 Å². The monoisotopic (exact) mass is 1000 g/mol. The second-order valence-electron chi connectivity index (χ2n) is 23.5. The van der Waals surface area contributed by atoms with Gasteiger partial charge in [-0.05, 0) is 143 Å². The maximum atomic E-state index is 9.34. The molecule has 0 aliphatic carbocycles. The van der Waals surface area contributed by atoms with Crippen molar-refractivity contribution >= 4 is 32.8 Å². The highest BCUT2D eigenvalue weighted by Gasteiger charge is 2.30. The summed E-state index contributed by atoms with van der Waals surface area (Å²) < 4.78 is 58.5. The molecule has 0 atom stereocenters. The predicted octanol–water partition coefficient (Wildman–Crippen LogP) is 18.5. The zero-order valence-corrected chi connectivity index (χ0v) is 45.0. The van der Waals surface area contributed by atoms with Gasteiger partial charge in [0.1, 0.15) is 17.3 Å². The molecule has 0 amide bonds. The molecule has 77 heavy (non-hydrogen) atoms. The van der Waals surface area contributed by atoms with Gasteiger partial charge in [0, 0.05) is 23.0 Å². The summed E-state index contributed by atoms with van der Waals surface area (Å²) in [7, 11) is 0. The average Bonchev–Trinajstić information content (AvgIpc) is 2.40. The van der Waals surface area contributed by atoms with Gasteiger partial charge in [-0.2, -0.15) is 0 Å². The van der Waals surface area contributed by atoms with Crippen molar-refractivity contribution in [3.8, 4) is 84.3 Å². The normalized spacial score (nSPS) is 13.4. The largest absolute Gasteiger partial charge is 0.458 e. The molecule has 5 heteroatoms. The van der Waals surface area contributed by atoms with E-state index in [-0.39, 0.29) is 46.0 Å². The lowest BCUT2D eigenvalue weighted by Crippen LogP contribution is -2.32. The lowest BCUT2D eigenvalue weighted by Gasteiger charge is -2.23. The van der Waals surface area contributed by atoms with E-state index in [1.165, 1.54) is 11.1 Å². The molecule has 5 nitrogen and oxygen atoms in total. The molecular weight excluding hydrogens is 937 g/mol. The van der Waals surface area contributed by atoms with Crippen molar-refractivity contribution in [1.82, 2.24) is 14.1 Å². The Hall–Kier alpha value is -8.80. The van der Waals surface area contributed by atoms with E-state index in [1.807, 2.05) is 42.6 Å². The van der Waals surface area contributed by atoms with Gasteiger partial charge in [0.2, 0.25) is 0 Å². The summed E-state index contributed by atoms with van der Waals surface area (Å²) in [5, 5.41) is 2.24. The molecule has 13 rings (SSSR count). The van der Waals surface area contributed by atoms with Gasteiger partial charge in [-0.3, -0.25) is 13.7 Å². The molecular formula is C72H62N4O. The van der Waals surface area contributed by atoms with Crippen LogP contribution >= 0.6 is 0 Å². The smallest absolute Gasteiger partial charge is 0.269 e. The summed E-state index contributed by atoms with van der Waals surface area (Å²) in [4.78, 5) is 4.92. The highest BCUT2D eigenvalue weighted by molar-refractivity contribution is 6.10. The van der Waals surface area contributed by atoms with Crippen molar-refractivity contribution < 1.29 is 16.2 Å². The Bertz CT molecular complexity index is 4580. The summed E-state index contributed by atoms with van der Waals surface area (Å²) in [6, 6.07) is 59.7. The second-order valence-corrected chi connectivity index (χ2v) is 23.5. The Balaban J connectivity index is 1.06. The van der Waals surface area contributed by atoms with Gasteiger partial charge >= 0.3 is 0 Å². The lowest BCUT2D eigenvalue weighted by atomic mass is 9.82. The standard InChI is InChI=1S/C72H62N4O/c1-70(2,3)48-34-32-47(33-35-48)55-28-19-30-61-60-29-18-27-54(46-20-11-10-12-21-46)67(60)59-26-14-13-24-56(59)62-40-50(72(7,8)9)41-65-69(62)75(68(55)61)45-74(65)51-22-17-23-52(43-51)77-53-36-37-58-57-25-15-16-31-63(57)76(64(58)44-53)66-42-49(38-39-73-66)71(4,5)6/h10-44H,1-9H3/i10D,11D,12D,20D,21D. The molecule has 0 unspecified atom stereocenters. The molecule has 376 valence electrons. The Labute approximate surface area is 459 Å². The van der Waals surface area contributed by atoms with Crippen molar-refractivity contribution in [3.05, 3.63) is 235 Å². The van der Waals surface area contributed by atoms with Gasteiger partial charge < -0.3 is 4.74 Å². The average molecular weight is 1000 g/mol. The van der Waals surface area contributed by atoms with Crippen molar-refractivity contribution in [2.45, 2.75) is 78.6 Å². The fourth-order valence-corrected chi connectivity index (χ4v) is 11.3. The van der Waals surface area contributed by atoms with Crippen LogP contribution in [0, 0.1) is 6.33 Å². The molecule has 1 aliphatic rings. The van der Waals surface area contributed by atoms with E-state index in [0.29, 0.717) is 17.1 Å². The molecule has 3 aromatic heterocycles. The van der Waals surface area contributed by atoms with E-state index in [4.69, 9.17) is 13.8 Å². The van der Waals surface area contributed by atoms with Crippen LogP contribution in [0.5, 0.6) is 11.5 Å². The first-order chi connectivity index (χ1) is 39.2. The molecule has 0 saturated heterocycles. The van der Waals surface area contributed by atoms with Gasteiger partial charge in [0.25, 0.3) is 6.33 Å². The Morgan fingerprint density at radius 3 is 1.88 bits per heavy atom. The first-order valence-corrected chi connectivity index (χ1v) is 26.5. The maximum Gasteiger partial charge on any atom is 0.269 e. The van der Waals surface area contributed by atoms with Crippen molar-refractivity contribution in [2.75, 3.05) is 0 Å². The van der Waals surface area contributed by atoms with Gasteiger partial charge in [-0.25, -0.2) is 4.98 Å². The van der Waals surface area contributed by atoms with Crippen molar-refractivity contribution in [2.24, 2.45) is 0 Å². The number of hydrogen-bond donors (Lipinski definition) is 0. The summed E-state index contributed by atoms with van der Waals surface area (Å²) in [5.41, 5.74) is 16.7. The van der Waals surface area contributed by atoms with Crippen LogP contribution in [0.4, 0.5) is 0 Å². The lowest BCUT2D eigenvalue weighted by molar-refractivity contribution is -0.570. The van der Waals surface area contributed by atoms with E-state index in [1.54, 1.807) is 0 Å². The van der Waals surface area contributed by atoms with Crippen molar-refractivity contribution in [3.63, 3.8) is 0 Å². The predicted molar refractivity (Wildman–Crippen MR) is 319 cm³/mol. The minimum absolute atomic E-state index is 0.0623. The van der Waals surface area contributed by atoms with E-state index in [9.17, 15) is 2.74 Å². The molecule has 0 fully saturated rings. The van der Waals surface area contributed by atoms with E-state index >= 15 is 0 Å². The zero-order chi connectivity index (χ0) is 57.3. The van der Waals surface area contributed by atoms with Crippen LogP contribution < -0.4 is 9.30 Å². The van der Waals surface area contributed by atoms with Crippen LogP contribution in [0.15, 0.2) is 212 Å². The third-order valence-electron chi connectivity index (χ3n) is 15.3. The molecule has 0 radical (unpaired) electrons. The van der Waals surface area contributed by atoms with Crippen LogP contribution in [0.25, 0.3) is 106 Å². The second kappa shape index (κ2) is 17.9. The van der Waals surface area contributed by atoms with Gasteiger partial charge in [-0.15, -0.1) is 0 Å². The number of nitrogens with zero attached hydrogens (tertiary/aromatic N) is 4. The number of aromatic nitrogens is 4. The minimum Gasteiger partial charge on any atom is -0.458 e. The molecule has 1 aliphatic heterocycles. The van der Waals surface area contributed by atoms with Crippen molar-refractivity contribution in [1.29, 1.82) is 0 Å². The number of fused-ring (bicyclic) bond motifs is 10. The third-order valence-corrected chi connectivity index (χ3v) is 15.3. The quantitative estimate of drug-likeness (QED) is 0.123. The maximum absolute atomic E-state index is 9.34. The Kier molecular flexibility index (Phi) is 9.87. The zero-order valence-electron chi connectivity index (χ0n) is 50.0. The van der Waals surface area contributed by atoms with Crippen LogP contribution in [0.1, 0.15) is 85.9 Å². The van der Waals surface area contributed by atoms with Crippen LogP contribution in [0.2, 0.25) is 0 Å². The fraction of sp³-hybridized carbons (Fsp3) is 0.167. The molecule has 0 N–H and O–H groups in total. The molecule has 4 heterocycles. The number of para-hydroxylation sites is 2. The Morgan fingerprint density at radius 2 is 1.12 bits per heavy atom. The third kappa shape index (κ3) is 8.24. The number of benzene rings is 9. The van der Waals surface area contributed by atoms with Crippen LogP contribution in [-0.4, -0.2) is 14.1 Å². The molecule has 0 spiro atoms. The minimum atomic E-state index is -0.429. The first-order valence-electron chi connectivity index (χ1n) is 29.0. The highest BCUT2D eigenvalue weighted by Crippen LogP contribution is 2.49. The van der Waals surface area contributed by atoms with Crippen LogP contribution in [0.3, 0.4) is 0 Å². The summed E-state index contributed by atoms with van der Waals surface area (Å²) in [5.74, 6) is 2.19. The number of imidazole rings is 1. The van der Waals surface area contributed by atoms with Crippen LogP contribution in [-0.2, 0) is 16.2 Å². The van der Waals surface area contributed by atoms with Gasteiger partial charge in [-0.1, -0.05) is 208 Å². The SMILES string of the molecule is [2H]c1c([2H])c([2H])c(-c2cccc3c2-c2ccccc2-c2cc(C(C)(C)C)cc4c2[n+]([c-]n4-c2cccc(Oc4ccc5c6ccccc6n(-c6cc(C(C)(C)C)ccn6)c5c4)c2)-c2c(-c4ccc(C(C)(C)C)cc4)cccc2-3)c([2H])c1[2H]. The summed E-state index contributed by atoms with van der Waals surface area (Å²) in [6.45, 7) is 20.0. The summed E-state index contributed by atoms with van der Waals surface area (Å²) in [6.07, 6.45) is 5.88. The topological polar surface area (TPSA) is 35.9 Å². The highest BCUT2D eigenvalue weighted by atomic mass is 16.5. The molecule has 9 aromatic carbocycles. The van der Waals surface area contributed by atoms with E-state index in [2.05, 4.69) is 222 Å². The number of pyridine rings is 1. The summed E-state index contributed by atoms with van der Waals surface area (Å²) >= 11 is 0. The number of ether oxygens (including phenoxy) is 1. The van der Waals surface area contributed by atoms with Gasteiger partial charge in [0.15, 0.2) is 0 Å². The number of rotatable bonds is 6. The first kappa shape index (κ1) is 42.4. The molecule has 0 saturated carbocycles. The molecule has 0 bridgehead atoms.